The molecule has 1 aromatic rings. The second-order valence-electron chi connectivity index (χ2n) is 6.06. The number of likely N-dealkylation sites (tertiary alicyclic amines) is 1. The van der Waals surface area contributed by atoms with Gasteiger partial charge in [-0.2, -0.15) is 0 Å². The van der Waals surface area contributed by atoms with Crippen molar-refractivity contribution in [2.45, 2.75) is 23.1 Å². The van der Waals surface area contributed by atoms with Gasteiger partial charge in [0.1, 0.15) is 15.8 Å². The molecule has 3 rings (SSSR count). The lowest BCUT2D eigenvalue weighted by Gasteiger charge is -2.15. The van der Waals surface area contributed by atoms with Gasteiger partial charge < -0.3 is 14.4 Å². The molecule has 4 nitrogen and oxygen atoms in total. The van der Waals surface area contributed by atoms with E-state index < -0.39 is 4.33 Å². The molecule has 3 unspecified atom stereocenters. The minimum absolute atomic E-state index is 0.00382. The van der Waals surface area contributed by atoms with Crippen LogP contribution in [-0.2, 0) is 0 Å². The number of ether oxygens (including phenoxy) is 2. The third-order valence-corrected chi connectivity index (χ3v) is 6.03. The lowest BCUT2D eigenvalue weighted by Crippen LogP contribution is -2.31. The van der Waals surface area contributed by atoms with Crippen LogP contribution >= 0.6 is 34.8 Å². The van der Waals surface area contributed by atoms with Crippen molar-refractivity contribution in [3.63, 3.8) is 0 Å². The summed E-state index contributed by atoms with van der Waals surface area (Å²) in [6.07, 6.45) is 0.402. The number of carbonyl (C=O) groups excluding carboxylic acids is 1. The maximum atomic E-state index is 12.0. The van der Waals surface area contributed by atoms with Crippen LogP contribution in [-0.4, -0.2) is 40.4 Å². The molecule has 23 heavy (non-hydrogen) atoms. The highest BCUT2D eigenvalue weighted by Gasteiger charge is 2.60. The summed E-state index contributed by atoms with van der Waals surface area (Å²) in [5.74, 6) is 1.39. The second-order valence-corrected chi connectivity index (χ2v) is 8.12. The molecule has 1 aromatic carbocycles. The first-order valence-corrected chi connectivity index (χ1v) is 8.78. The normalized spacial score (nSPS) is 28.5. The lowest BCUT2D eigenvalue weighted by molar-refractivity contribution is 0.162. The molecule has 0 aromatic heterocycles. The number of rotatable bonds is 4. The highest BCUT2D eigenvalue weighted by atomic mass is 35.5. The average molecular weight is 379 g/mol. The number of alkyl halides is 3. The summed E-state index contributed by atoms with van der Waals surface area (Å²) >= 11 is 18.2. The van der Waals surface area contributed by atoms with Gasteiger partial charge in [-0.25, -0.2) is 4.79 Å². The van der Waals surface area contributed by atoms with Gasteiger partial charge in [-0.1, -0.05) is 13.0 Å². The van der Waals surface area contributed by atoms with E-state index in [2.05, 4.69) is 0 Å². The molecule has 1 aliphatic heterocycles. The standard InChI is InChI=1S/C16H18Cl3NO3/c1-10-14(16(10,18)19)9-22-12-3-2-4-13(7-12)23-15(21)20-6-5-11(17)8-20/h2-4,7,10-11,14H,5-6,8-9H2,1H3. The predicted octanol–water partition coefficient (Wildman–Crippen LogP) is 4.32. The lowest BCUT2D eigenvalue weighted by atomic mass is 10.3. The smallest absolute Gasteiger partial charge is 0.415 e. The van der Waals surface area contributed by atoms with Crippen molar-refractivity contribution in [2.24, 2.45) is 11.8 Å². The zero-order valence-electron chi connectivity index (χ0n) is 12.7. The average Bonchev–Trinajstić information content (AvgIpc) is 2.84. The van der Waals surface area contributed by atoms with Gasteiger partial charge in [0.25, 0.3) is 0 Å². The van der Waals surface area contributed by atoms with Gasteiger partial charge in [0.15, 0.2) is 0 Å². The van der Waals surface area contributed by atoms with Crippen LogP contribution in [0, 0.1) is 11.8 Å². The van der Waals surface area contributed by atoms with Crippen LogP contribution in [0.3, 0.4) is 0 Å². The molecular formula is C16H18Cl3NO3. The summed E-state index contributed by atoms with van der Waals surface area (Å²) < 4.78 is 10.4. The molecule has 0 bridgehead atoms. The van der Waals surface area contributed by atoms with Gasteiger partial charge in [-0.15, -0.1) is 34.8 Å². The molecule has 0 spiro atoms. The van der Waals surface area contributed by atoms with Gasteiger partial charge in [0.2, 0.25) is 0 Å². The fourth-order valence-corrected chi connectivity index (χ4v) is 3.62. The van der Waals surface area contributed by atoms with Crippen molar-refractivity contribution in [1.82, 2.24) is 4.90 Å². The number of nitrogens with zero attached hydrogens (tertiary/aromatic N) is 1. The van der Waals surface area contributed by atoms with Crippen LogP contribution < -0.4 is 9.47 Å². The van der Waals surface area contributed by atoms with E-state index in [1.54, 1.807) is 29.2 Å². The summed E-state index contributed by atoms with van der Waals surface area (Å²) in [4.78, 5) is 13.6. The highest BCUT2D eigenvalue weighted by Crippen LogP contribution is 2.58. The van der Waals surface area contributed by atoms with Crippen LogP contribution in [0.15, 0.2) is 24.3 Å². The Bertz CT molecular complexity index is 596. The number of carbonyl (C=O) groups is 1. The molecule has 0 N–H and O–H groups in total. The first kappa shape index (κ1) is 17.0. The fraction of sp³-hybridized carbons (Fsp3) is 0.562. The van der Waals surface area contributed by atoms with Crippen LogP contribution in [0.2, 0.25) is 0 Å². The third kappa shape index (κ3) is 3.81. The minimum Gasteiger partial charge on any atom is -0.493 e. The van der Waals surface area contributed by atoms with Crippen molar-refractivity contribution < 1.29 is 14.3 Å². The molecule has 7 heteroatoms. The molecule has 0 radical (unpaired) electrons. The second kappa shape index (κ2) is 6.58. The van der Waals surface area contributed by atoms with Gasteiger partial charge >= 0.3 is 6.09 Å². The summed E-state index contributed by atoms with van der Waals surface area (Å²) in [7, 11) is 0. The Morgan fingerprint density at radius 1 is 1.39 bits per heavy atom. The van der Waals surface area contributed by atoms with Crippen molar-refractivity contribution in [3.05, 3.63) is 24.3 Å². The van der Waals surface area contributed by atoms with E-state index in [0.29, 0.717) is 31.2 Å². The molecule has 1 saturated carbocycles. The zero-order chi connectivity index (χ0) is 16.6. The van der Waals surface area contributed by atoms with Crippen molar-refractivity contribution >= 4 is 40.9 Å². The minimum atomic E-state index is -0.696. The van der Waals surface area contributed by atoms with E-state index in [9.17, 15) is 4.79 Å². The summed E-state index contributed by atoms with van der Waals surface area (Å²) in [5.41, 5.74) is 0. The SMILES string of the molecule is CC1C(COc2cccc(OC(=O)N3CCC(Cl)C3)c2)C1(Cl)Cl. The van der Waals surface area contributed by atoms with E-state index in [0.717, 1.165) is 6.42 Å². The maximum Gasteiger partial charge on any atom is 0.415 e. The van der Waals surface area contributed by atoms with Gasteiger partial charge in [0, 0.05) is 25.1 Å². The number of benzene rings is 1. The Kier molecular flexibility index (Phi) is 4.86. The fourth-order valence-electron chi connectivity index (χ4n) is 2.68. The molecular weight excluding hydrogens is 361 g/mol. The van der Waals surface area contributed by atoms with Crippen molar-refractivity contribution in [1.29, 1.82) is 0 Å². The van der Waals surface area contributed by atoms with Crippen LogP contribution in [0.1, 0.15) is 13.3 Å². The third-order valence-electron chi connectivity index (χ3n) is 4.43. The molecule has 1 amide bonds. The van der Waals surface area contributed by atoms with E-state index in [1.807, 2.05) is 6.92 Å². The molecule has 1 heterocycles. The summed E-state index contributed by atoms with van der Waals surface area (Å²) in [6, 6.07) is 6.98. The largest absolute Gasteiger partial charge is 0.493 e. The number of amides is 1. The molecule has 126 valence electrons. The summed E-state index contributed by atoms with van der Waals surface area (Å²) in [5, 5.41) is 0.00382. The summed E-state index contributed by atoms with van der Waals surface area (Å²) in [6.45, 7) is 3.57. The Labute approximate surface area is 150 Å². The molecule has 1 aliphatic carbocycles. The zero-order valence-corrected chi connectivity index (χ0v) is 14.9. The van der Waals surface area contributed by atoms with Gasteiger partial charge in [-0.05, 0) is 24.5 Å². The molecule has 2 fully saturated rings. The quantitative estimate of drug-likeness (QED) is 0.733. The van der Waals surface area contributed by atoms with E-state index in [1.165, 1.54) is 0 Å². The van der Waals surface area contributed by atoms with E-state index >= 15 is 0 Å². The molecule has 1 saturated heterocycles. The number of halogens is 3. The topological polar surface area (TPSA) is 38.8 Å². The van der Waals surface area contributed by atoms with Crippen LogP contribution in [0.5, 0.6) is 11.5 Å². The predicted molar refractivity (Wildman–Crippen MR) is 90.9 cm³/mol. The molecule has 3 atom stereocenters. The Balaban J connectivity index is 1.54. The first-order chi connectivity index (χ1) is 10.9. The Morgan fingerprint density at radius 2 is 2.09 bits per heavy atom. The Morgan fingerprint density at radius 3 is 2.70 bits per heavy atom. The molecule has 2 aliphatic rings. The monoisotopic (exact) mass is 377 g/mol. The highest BCUT2D eigenvalue weighted by molar-refractivity contribution is 6.51. The number of hydrogen-bond acceptors (Lipinski definition) is 3. The van der Waals surface area contributed by atoms with Crippen LogP contribution in [0.25, 0.3) is 0 Å². The van der Waals surface area contributed by atoms with Gasteiger partial charge in [-0.3, -0.25) is 0 Å². The van der Waals surface area contributed by atoms with E-state index in [-0.39, 0.29) is 23.3 Å². The first-order valence-electron chi connectivity index (χ1n) is 7.59. The maximum absolute atomic E-state index is 12.0. The van der Waals surface area contributed by atoms with Crippen molar-refractivity contribution in [2.75, 3.05) is 19.7 Å². The Hall–Kier alpha value is -0.840. The van der Waals surface area contributed by atoms with Crippen molar-refractivity contribution in [3.8, 4) is 11.5 Å². The van der Waals surface area contributed by atoms with Crippen LogP contribution in [0.4, 0.5) is 4.79 Å². The number of hydrogen-bond donors (Lipinski definition) is 0. The van der Waals surface area contributed by atoms with E-state index in [4.69, 9.17) is 44.3 Å². The van der Waals surface area contributed by atoms with Gasteiger partial charge in [0.05, 0.1) is 12.0 Å².